The molecule has 1 N–H and O–H groups in total. The Hall–Kier alpha value is -3.06. The Bertz CT molecular complexity index is 999. The average molecular weight is 413 g/mol. The molecule has 7 heteroatoms. The molecule has 1 atom stereocenters. The van der Waals surface area contributed by atoms with Crippen LogP contribution in [0.4, 0.5) is 5.13 Å². The fourth-order valence-electron chi connectivity index (χ4n) is 2.86. The molecule has 1 aromatic heterocycles. The number of carbonyl (C=O) groups excluding carboxylic acids is 1. The van der Waals surface area contributed by atoms with E-state index in [2.05, 4.69) is 10.3 Å². The number of thiazole rings is 1. The number of methoxy groups -OCH3 is 2. The number of nitrogens with one attached hydrogen (secondary N) is 1. The molecule has 0 saturated heterocycles. The van der Waals surface area contributed by atoms with E-state index in [1.807, 2.05) is 32.0 Å². The van der Waals surface area contributed by atoms with Crippen molar-refractivity contribution in [1.29, 1.82) is 0 Å². The number of hydrogen-bond acceptors (Lipinski definition) is 6. The largest absolute Gasteiger partial charge is 0.497 e. The van der Waals surface area contributed by atoms with Gasteiger partial charge in [0, 0.05) is 10.4 Å². The van der Waals surface area contributed by atoms with E-state index in [0.29, 0.717) is 10.9 Å². The summed E-state index contributed by atoms with van der Waals surface area (Å²) in [4.78, 5) is 18.1. The van der Waals surface area contributed by atoms with Gasteiger partial charge in [0.05, 0.1) is 19.9 Å². The maximum Gasteiger partial charge on any atom is 0.266 e. The molecular weight excluding hydrogens is 388 g/mol. The fraction of sp³-hybridized carbons (Fsp3) is 0.273. The molecule has 2 aromatic carbocycles. The van der Waals surface area contributed by atoms with Gasteiger partial charge in [0.2, 0.25) is 0 Å². The van der Waals surface area contributed by atoms with Gasteiger partial charge in [-0.3, -0.25) is 10.1 Å². The summed E-state index contributed by atoms with van der Waals surface area (Å²) < 4.78 is 16.1. The van der Waals surface area contributed by atoms with Gasteiger partial charge < -0.3 is 14.2 Å². The van der Waals surface area contributed by atoms with E-state index >= 15 is 0 Å². The highest BCUT2D eigenvalue weighted by Gasteiger charge is 2.18. The molecule has 0 radical (unpaired) electrons. The first-order valence-electron chi connectivity index (χ1n) is 9.15. The van der Waals surface area contributed by atoms with E-state index in [1.54, 1.807) is 45.4 Å². The molecule has 1 amide bonds. The molecule has 3 aromatic rings. The molecule has 152 valence electrons. The number of amides is 1. The lowest BCUT2D eigenvalue weighted by Crippen LogP contribution is -2.30. The minimum Gasteiger partial charge on any atom is -0.497 e. The van der Waals surface area contributed by atoms with Crippen LogP contribution in [0, 0.1) is 13.8 Å². The molecule has 0 bridgehead atoms. The summed E-state index contributed by atoms with van der Waals surface area (Å²) in [7, 11) is 3.25. The van der Waals surface area contributed by atoms with Crippen molar-refractivity contribution in [2.24, 2.45) is 0 Å². The van der Waals surface area contributed by atoms with Crippen LogP contribution < -0.4 is 19.5 Å². The second-order valence-corrected chi connectivity index (χ2v) is 7.74. The third-order valence-electron chi connectivity index (χ3n) is 4.44. The van der Waals surface area contributed by atoms with Crippen LogP contribution >= 0.6 is 11.3 Å². The summed E-state index contributed by atoms with van der Waals surface area (Å²) in [6.45, 7) is 5.68. The number of aryl methyl sites for hydroxylation is 2. The topological polar surface area (TPSA) is 69.7 Å². The number of carbonyl (C=O) groups is 1. The molecule has 1 heterocycles. The second-order valence-electron chi connectivity index (χ2n) is 6.53. The van der Waals surface area contributed by atoms with Gasteiger partial charge in [0.15, 0.2) is 11.2 Å². The molecule has 1 unspecified atom stereocenters. The van der Waals surface area contributed by atoms with E-state index < -0.39 is 6.10 Å². The van der Waals surface area contributed by atoms with E-state index in [9.17, 15) is 4.79 Å². The maximum atomic E-state index is 12.5. The zero-order chi connectivity index (χ0) is 21.0. The standard InChI is InChI=1S/C22H24N2O4S/c1-13-12-16(6-11-19(13)27-5)20-15(3)29-22(23-20)24-21(25)14(2)28-18-9-7-17(26-4)8-10-18/h6-12,14H,1-5H3,(H,23,24,25). The van der Waals surface area contributed by atoms with Gasteiger partial charge >= 0.3 is 0 Å². The van der Waals surface area contributed by atoms with Crippen LogP contribution in [0.2, 0.25) is 0 Å². The highest BCUT2D eigenvalue weighted by molar-refractivity contribution is 7.16. The predicted octanol–water partition coefficient (Wildman–Crippen LogP) is 4.85. The van der Waals surface area contributed by atoms with Gasteiger partial charge in [-0.05, 0) is 68.8 Å². The number of benzene rings is 2. The molecule has 0 aliphatic heterocycles. The lowest BCUT2D eigenvalue weighted by molar-refractivity contribution is -0.122. The van der Waals surface area contributed by atoms with Crippen molar-refractivity contribution in [3.63, 3.8) is 0 Å². The van der Waals surface area contributed by atoms with Crippen LogP contribution in [0.1, 0.15) is 17.4 Å². The van der Waals surface area contributed by atoms with Crippen molar-refractivity contribution in [3.05, 3.63) is 52.9 Å². The highest BCUT2D eigenvalue weighted by Crippen LogP contribution is 2.33. The summed E-state index contributed by atoms with van der Waals surface area (Å²) in [5, 5.41) is 3.39. The monoisotopic (exact) mass is 412 g/mol. The first-order chi connectivity index (χ1) is 13.9. The van der Waals surface area contributed by atoms with Crippen molar-refractivity contribution in [2.75, 3.05) is 19.5 Å². The van der Waals surface area contributed by atoms with Crippen LogP contribution in [0.15, 0.2) is 42.5 Å². The van der Waals surface area contributed by atoms with Crippen molar-refractivity contribution in [2.45, 2.75) is 26.9 Å². The maximum absolute atomic E-state index is 12.5. The summed E-state index contributed by atoms with van der Waals surface area (Å²) in [6.07, 6.45) is -0.667. The molecule has 3 rings (SSSR count). The van der Waals surface area contributed by atoms with Crippen molar-refractivity contribution >= 4 is 22.4 Å². The van der Waals surface area contributed by atoms with E-state index in [4.69, 9.17) is 14.2 Å². The Balaban J connectivity index is 1.69. The number of hydrogen-bond donors (Lipinski definition) is 1. The molecule has 0 fully saturated rings. The van der Waals surface area contributed by atoms with Gasteiger partial charge in [0.1, 0.15) is 17.2 Å². The molecule has 6 nitrogen and oxygen atoms in total. The molecule has 0 aliphatic carbocycles. The number of ether oxygens (including phenoxy) is 3. The first kappa shape index (κ1) is 20.7. The molecule has 0 saturated carbocycles. The summed E-state index contributed by atoms with van der Waals surface area (Å²) >= 11 is 1.44. The van der Waals surface area contributed by atoms with Crippen LogP contribution in [0.25, 0.3) is 11.3 Å². The Morgan fingerprint density at radius 2 is 1.72 bits per heavy atom. The Morgan fingerprint density at radius 3 is 2.34 bits per heavy atom. The molecular formula is C22H24N2O4S. The third-order valence-corrected chi connectivity index (χ3v) is 5.32. The van der Waals surface area contributed by atoms with Crippen LogP contribution in [0.5, 0.6) is 17.2 Å². The smallest absolute Gasteiger partial charge is 0.266 e. The van der Waals surface area contributed by atoms with Crippen molar-refractivity contribution < 1.29 is 19.0 Å². The van der Waals surface area contributed by atoms with E-state index in [0.717, 1.165) is 33.2 Å². The molecule has 0 aliphatic rings. The lowest BCUT2D eigenvalue weighted by Gasteiger charge is -2.14. The first-order valence-corrected chi connectivity index (χ1v) is 9.97. The minimum atomic E-state index is -0.667. The Kier molecular flexibility index (Phi) is 6.39. The normalized spacial score (nSPS) is 11.6. The van der Waals surface area contributed by atoms with Gasteiger partial charge in [-0.25, -0.2) is 4.98 Å². The Labute approximate surface area is 174 Å². The van der Waals surface area contributed by atoms with Crippen molar-refractivity contribution in [1.82, 2.24) is 4.98 Å². The zero-order valence-electron chi connectivity index (χ0n) is 17.1. The number of aromatic nitrogens is 1. The summed E-state index contributed by atoms with van der Waals surface area (Å²) in [5.74, 6) is 1.90. The lowest BCUT2D eigenvalue weighted by atomic mass is 10.1. The third kappa shape index (κ3) is 4.86. The van der Waals surface area contributed by atoms with Gasteiger partial charge in [-0.15, -0.1) is 11.3 Å². The second kappa shape index (κ2) is 8.96. The zero-order valence-corrected chi connectivity index (χ0v) is 17.9. The summed E-state index contributed by atoms with van der Waals surface area (Å²) in [5.41, 5.74) is 2.87. The molecule has 0 spiro atoms. The predicted molar refractivity (Wildman–Crippen MR) is 115 cm³/mol. The summed E-state index contributed by atoms with van der Waals surface area (Å²) in [6, 6.07) is 13.0. The number of nitrogens with zero attached hydrogens (tertiary/aromatic N) is 1. The molecule has 29 heavy (non-hydrogen) atoms. The quantitative estimate of drug-likeness (QED) is 0.601. The number of rotatable bonds is 7. The van der Waals surface area contributed by atoms with Gasteiger partial charge in [-0.2, -0.15) is 0 Å². The minimum absolute atomic E-state index is 0.257. The SMILES string of the molecule is COc1ccc(OC(C)C(=O)Nc2nc(-c3ccc(OC)c(C)c3)c(C)s2)cc1. The fourth-order valence-corrected chi connectivity index (χ4v) is 3.70. The number of anilines is 1. The van der Waals surface area contributed by atoms with Gasteiger partial charge in [-0.1, -0.05) is 0 Å². The highest BCUT2D eigenvalue weighted by atomic mass is 32.1. The van der Waals surface area contributed by atoms with Gasteiger partial charge in [0.25, 0.3) is 5.91 Å². The Morgan fingerprint density at radius 1 is 1.03 bits per heavy atom. The van der Waals surface area contributed by atoms with Crippen molar-refractivity contribution in [3.8, 4) is 28.5 Å². The average Bonchev–Trinajstić information content (AvgIpc) is 3.08. The van der Waals surface area contributed by atoms with Crippen LogP contribution in [-0.2, 0) is 4.79 Å². The van der Waals surface area contributed by atoms with E-state index in [1.165, 1.54) is 11.3 Å². The van der Waals surface area contributed by atoms with Crippen LogP contribution in [-0.4, -0.2) is 31.2 Å². The van der Waals surface area contributed by atoms with Crippen LogP contribution in [0.3, 0.4) is 0 Å². The van der Waals surface area contributed by atoms with E-state index in [-0.39, 0.29) is 5.91 Å².